The number of ether oxygens (including phenoxy) is 7. The molecule has 5 atom stereocenters. The topological polar surface area (TPSA) is 64.6 Å². The van der Waals surface area contributed by atoms with Crippen LogP contribution in [0.1, 0.15) is 33.3 Å². The highest BCUT2D eigenvalue weighted by molar-refractivity contribution is 5.26. The Morgan fingerprint density at radius 1 is 0.963 bits per heavy atom. The lowest BCUT2D eigenvalue weighted by Gasteiger charge is -2.29. The van der Waals surface area contributed by atoms with Gasteiger partial charge in [0, 0.05) is 0 Å². The third kappa shape index (κ3) is 3.99. The summed E-state index contributed by atoms with van der Waals surface area (Å²) in [4.78, 5) is 0. The molecule has 4 rings (SSSR count). The number of methoxy groups -OCH3 is 1. The fraction of sp³-hybridized carbons (Fsp3) is 0.700. The highest BCUT2D eigenvalue weighted by Gasteiger charge is 2.58. The van der Waals surface area contributed by atoms with Gasteiger partial charge >= 0.3 is 0 Å². The van der Waals surface area contributed by atoms with Crippen LogP contribution in [0.25, 0.3) is 0 Å². The van der Waals surface area contributed by atoms with E-state index in [0.29, 0.717) is 13.2 Å². The molecule has 3 saturated heterocycles. The van der Waals surface area contributed by atoms with Gasteiger partial charge in [-0.15, -0.1) is 0 Å². The molecule has 0 aromatic heterocycles. The maximum absolute atomic E-state index is 6.26. The number of fused-ring (bicyclic) bond motifs is 1. The minimum Gasteiger partial charge on any atom is -0.497 e. The van der Waals surface area contributed by atoms with Gasteiger partial charge in [0.05, 0.1) is 20.3 Å². The Kier molecular flexibility index (Phi) is 4.95. The first-order valence-corrected chi connectivity index (χ1v) is 9.34. The Hall–Kier alpha value is -1.22. The predicted octanol–water partition coefficient (Wildman–Crippen LogP) is 2.61. The van der Waals surface area contributed by atoms with Gasteiger partial charge in [0.1, 0.15) is 30.2 Å². The van der Waals surface area contributed by atoms with Gasteiger partial charge in [-0.1, -0.05) is 12.1 Å². The Bertz CT molecular complexity index is 657. The van der Waals surface area contributed by atoms with E-state index in [0.717, 1.165) is 11.3 Å². The molecule has 3 aliphatic heterocycles. The molecule has 3 heterocycles. The van der Waals surface area contributed by atoms with E-state index in [1.54, 1.807) is 7.11 Å². The van der Waals surface area contributed by atoms with Crippen LogP contribution in [0.5, 0.6) is 5.75 Å². The summed E-state index contributed by atoms with van der Waals surface area (Å²) in [5, 5.41) is 0. The fourth-order valence-corrected chi connectivity index (χ4v) is 3.78. The van der Waals surface area contributed by atoms with Gasteiger partial charge < -0.3 is 33.2 Å². The summed E-state index contributed by atoms with van der Waals surface area (Å²) in [7, 11) is 1.65. The summed E-state index contributed by atoms with van der Waals surface area (Å²) in [5.41, 5.74) is 1.04. The van der Waals surface area contributed by atoms with E-state index in [-0.39, 0.29) is 24.4 Å². The van der Waals surface area contributed by atoms with Crippen molar-refractivity contribution in [1.29, 1.82) is 0 Å². The maximum Gasteiger partial charge on any atom is 0.190 e. The Morgan fingerprint density at radius 3 is 2.33 bits per heavy atom. The molecule has 7 nitrogen and oxygen atoms in total. The molecule has 0 bridgehead atoms. The molecule has 0 amide bonds. The average molecular weight is 380 g/mol. The molecular formula is C20H28O7. The van der Waals surface area contributed by atoms with Crippen molar-refractivity contribution in [3.8, 4) is 5.75 Å². The van der Waals surface area contributed by atoms with E-state index >= 15 is 0 Å². The molecule has 0 radical (unpaired) electrons. The minimum atomic E-state index is -0.700. The monoisotopic (exact) mass is 380 g/mol. The van der Waals surface area contributed by atoms with Crippen molar-refractivity contribution >= 4 is 0 Å². The van der Waals surface area contributed by atoms with E-state index in [9.17, 15) is 0 Å². The second kappa shape index (κ2) is 6.99. The predicted molar refractivity (Wildman–Crippen MR) is 95.2 cm³/mol. The van der Waals surface area contributed by atoms with Gasteiger partial charge in [-0.2, -0.15) is 0 Å². The average Bonchev–Trinajstić information content (AvgIpc) is 3.22. The van der Waals surface area contributed by atoms with Gasteiger partial charge in [0.25, 0.3) is 0 Å². The van der Waals surface area contributed by atoms with Crippen molar-refractivity contribution in [3.05, 3.63) is 29.8 Å². The summed E-state index contributed by atoms with van der Waals surface area (Å²) in [6.45, 7) is 8.42. The third-order valence-corrected chi connectivity index (χ3v) is 5.03. The number of hydrogen-bond donors (Lipinski definition) is 0. The van der Waals surface area contributed by atoms with E-state index in [1.165, 1.54) is 0 Å². The van der Waals surface area contributed by atoms with Crippen molar-refractivity contribution in [2.24, 2.45) is 0 Å². The zero-order chi connectivity index (χ0) is 19.2. The summed E-state index contributed by atoms with van der Waals surface area (Å²) < 4.78 is 41.3. The van der Waals surface area contributed by atoms with Crippen LogP contribution in [0.4, 0.5) is 0 Å². The molecule has 0 spiro atoms. The molecule has 1 aromatic rings. The SMILES string of the molecule is COc1ccc(CO[C@H]2[C@H]3OC(C)(C)O[C@H]3O[C@@H]2[C@H]2COC(C)(C)O2)cc1. The maximum atomic E-state index is 6.26. The second-order valence-electron chi connectivity index (χ2n) is 8.06. The first-order valence-electron chi connectivity index (χ1n) is 9.34. The Balaban J connectivity index is 1.48. The van der Waals surface area contributed by atoms with Crippen LogP contribution in [0, 0.1) is 0 Å². The standard InChI is InChI=1S/C20H28O7/c1-19(2)23-11-14(25-19)15-16(17-18(24-15)27-20(3,4)26-17)22-10-12-6-8-13(21-5)9-7-12/h6-9,14-18H,10-11H2,1-5H3/t14-,15-,16-,17-,18-/m1/s1. The molecular weight excluding hydrogens is 352 g/mol. The molecule has 3 aliphatic rings. The van der Waals surface area contributed by atoms with E-state index in [1.807, 2.05) is 52.0 Å². The first-order chi connectivity index (χ1) is 12.8. The van der Waals surface area contributed by atoms with E-state index in [2.05, 4.69) is 0 Å². The van der Waals surface area contributed by atoms with Crippen molar-refractivity contribution in [3.63, 3.8) is 0 Å². The van der Waals surface area contributed by atoms with Gasteiger partial charge in [0.15, 0.2) is 17.9 Å². The third-order valence-electron chi connectivity index (χ3n) is 5.03. The molecule has 0 saturated carbocycles. The Labute approximate surface area is 159 Å². The normalized spacial score (nSPS) is 36.7. The second-order valence-corrected chi connectivity index (χ2v) is 8.06. The Morgan fingerprint density at radius 2 is 1.70 bits per heavy atom. The molecule has 0 unspecified atom stereocenters. The summed E-state index contributed by atoms with van der Waals surface area (Å²) in [5.74, 6) is -0.518. The minimum absolute atomic E-state index is 0.234. The lowest BCUT2D eigenvalue weighted by molar-refractivity contribution is -0.236. The van der Waals surface area contributed by atoms with Crippen molar-refractivity contribution in [1.82, 2.24) is 0 Å². The first kappa shape index (κ1) is 19.1. The van der Waals surface area contributed by atoms with E-state index in [4.69, 9.17) is 33.2 Å². The van der Waals surface area contributed by atoms with Crippen molar-refractivity contribution in [2.75, 3.05) is 13.7 Å². The number of rotatable bonds is 5. The van der Waals surface area contributed by atoms with Crippen LogP contribution in [-0.4, -0.2) is 56.0 Å². The van der Waals surface area contributed by atoms with Crippen LogP contribution >= 0.6 is 0 Å². The van der Waals surface area contributed by atoms with Crippen LogP contribution in [0.3, 0.4) is 0 Å². The highest BCUT2D eigenvalue weighted by Crippen LogP contribution is 2.42. The van der Waals surface area contributed by atoms with E-state index < -0.39 is 17.9 Å². The lowest BCUT2D eigenvalue weighted by Crippen LogP contribution is -2.44. The van der Waals surface area contributed by atoms with Crippen molar-refractivity contribution < 1.29 is 33.2 Å². The molecule has 150 valence electrons. The molecule has 0 aliphatic carbocycles. The quantitative estimate of drug-likeness (QED) is 0.778. The molecule has 0 N–H and O–H groups in total. The highest BCUT2D eigenvalue weighted by atomic mass is 16.8. The number of hydrogen-bond acceptors (Lipinski definition) is 7. The van der Waals surface area contributed by atoms with Crippen LogP contribution in [-0.2, 0) is 35.0 Å². The van der Waals surface area contributed by atoms with Gasteiger partial charge in [-0.25, -0.2) is 0 Å². The molecule has 27 heavy (non-hydrogen) atoms. The van der Waals surface area contributed by atoms with Gasteiger partial charge in [0.2, 0.25) is 0 Å². The summed E-state index contributed by atoms with van der Waals surface area (Å²) >= 11 is 0. The zero-order valence-electron chi connectivity index (χ0n) is 16.5. The smallest absolute Gasteiger partial charge is 0.190 e. The van der Waals surface area contributed by atoms with Gasteiger partial charge in [-0.05, 0) is 45.4 Å². The summed E-state index contributed by atoms with van der Waals surface area (Å²) in [6, 6.07) is 7.79. The van der Waals surface area contributed by atoms with Crippen LogP contribution in [0.15, 0.2) is 24.3 Å². The van der Waals surface area contributed by atoms with Crippen LogP contribution < -0.4 is 4.74 Å². The lowest BCUT2D eigenvalue weighted by atomic mass is 10.1. The van der Waals surface area contributed by atoms with Crippen LogP contribution in [0.2, 0.25) is 0 Å². The molecule has 1 aromatic carbocycles. The largest absolute Gasteiger partial charge is 0.497 e. The zero-order valence-corrected chi connectivity index (χ0v) is 16.5. The van der Waals surface area contributed by atoms with Crippen molar-refractivity contribution in [2.45, 2.75) is 76.6 Å². The van der Waals surface area contributed by atoms with Gasteiger partial charge in [-0.3, -0.25) is 0 Å². The molecule has 7 heteroatoms. The summed E-state index contributed by atoms with van der Waals surface area (Å²) in [6.07, 6.45) is -1.66. The number of benzene rings is 1. The fourth-order valence-electron chi connectivity index (χ4n) is 3.78. The molecule has 3 fully saturated rings.